The van der Waals surface area contributed by atoms with Crippen LogP contribution in [0.25, 0.3) is 0 Å². The van der Waals surface area contributed by atoms with E-state index in [2.05, 4.69) is 36.6 Å². The zero-order chi connectivity index (χ0) is 15.8. The maximum Gasteiger partial charge on any atom is 0.237 e. The van der Waals surface area contributed by atoms with Crippen LogP contribution in [0.15, 0.2) is 18.2 Å². The molecule has 1 aliphatic rings. The second kappa shape index (κ2) is 10.5. The Morgan fingerprint density at radius 3 is 2.91 bits per heavy atom. The van der Waals surface area contributed by atoms with E-state index in [1.165, 1.54) is 18.4 Å². The number of rotatable bonds is 8. The summed E-state index contributed by atoms with van der Waals surface area (Å²) >= 11 is 0. The van der Waals surface area contributed by atoms with Gasteiger partial charge in [0.15, 0.2) is 0 Å². The molecule has 1 aliphatic heterocycles. The number of hydrogen-bond acceptors (Lipinski definition) is 3. The van der Waals surface area contributed by atoms with Crippen LogP contribution in [0.1, 0.15) is 50.2 Å². The van der Waals surface area contributed by atoms with Crippen molar-refractivity contribution in [2.45, 2.75) is 58.5 Å². The van der Waals surface area contributed by atoms with Crippen LogP contribution in [-0.2, 0) is 11.3 Å². The Bertz CT molecular complexity index is 488. The molecule has 0 aliphatic carbocycles. The van der Waals surface area contributed by atoms with Crippen molar-refractivity contribution >= 4 is 18.3 Å². The number of halogens is 1. The van der Waals surface area contributed by atoms with Gasteiger partial charge in [0.05, 0.1) is 12.6 Å². The maximum absolute atomic E-state index is 12.1. The molecule has 1 fully saturated rings. The Hall–Kier alpha value is -1.26. The number of nitrogens with one attached hydrogen (secondary N) is 2. The summed E-state index contributed by atoms with van der Waals surface area (Å²) in [5, 5.41) is 6.24. The Labute approximate surface area is 145 Å². The van der Waals surface area contributed by atoms with Crippen LogP contribution in [0.3, 0.4) is 0 Å². The van der Waals surface area contributed by atoms with Crippen molar-refractivity contribution < 1.29 is 9.53 Å². The quantitative estimate of drug-likeness (QED) is 0.713. The van der Waals surface area contributed by atoms with E-state index in [-0.39, 0.29) is 24.4 Å². The normalized spacial score (nSPS) is 16.7. The van der Waals surface area contributed by atoms with Crippen molar-refractivity contribution in [3.05, 3.63) is 29.3 Å². The molecule has 0 aromatic heterocycles. The number of carbonyl (C=O) groups excluding carboxylic acids is 1. The predicted molar refractivity (Wildman–Crippen MR) is 96.3 cm³/mol. The largest absolute Gasteiger partial charge is 0.493 e. The molecule has 0 radical (unpaired) electrons. The molecule has 2 N–H and O–H groups in total. The number of unbranched alkanes of at least 4 members (excludes halogenated alkanes) is 2. The highest BCUT2D eigenvalue weighted by Gasteiger charge is 2.21. The highest BCUT2D eigenvalue weighted by molar-refractivity contribution is 5.85. The number of amides is 1. The van der Waals surface area contributed by atoms with Crippen LogP contribution >= 0.6 is 12.4 Å². The maximum atomic E-state index is 12.1. The number of hydrogen-bond donors (Lipinski definition) is 2. The second-order valence-corrected chi connectivity index (χ2v) is 6.03. The average molecular weight is 341 g/mol. The van der Waals surface area contributed by atoms with Crippen molar-refractivity contribution in [2.75, 3.05) is 13.2 Å². The van der Waals surface area contributed by atoms with Crippen LogP contribution in [0.5, 0.6) is 5.75 Å². The molecule has 1 saturated heterocycles. The van der Waals surface area contributed by atoms with Gasteiger partial charge in [-0.1, -0.05) is 31.9 Å². The van der Waals surface area contributed by atoms with Gasteiger partial charge in [-0.15, -0.1) is 12.4 Å². The molecule has 130 valence electrons. The molecule has 1 unspecified atom stereocenters. The Morgan fingerprint density at radius 1 is 1.39 bits per heavy atom. The number of ether oxygens (including phenoxy) is 1. The van der Waals surface area contributed by atoms with Crippen molar-refractivity contribution in [3.63, 3.8) is 0 Å². The Morgan fingerprint density at radius 2 is 2.22 bits per heavy atom. The lowest BCUT2D eigenvalue weighted by Gasteiger charge is -2.15. The number of benzene rings is 1. The first-order chi connectivity index (χ1) is 10.7. The molecular formula is C18H29ClN2O2. The fourth-order valence-corrected chi connectivity index (χ4v) is 2.69. The molecule has 4 nitrogen and oxygen atoms in total. The van der Waals surface area contributed by atoms with E-state index in [0.29, 0.717) is 6.54 Å². The topological polar surface area (TPSA) is 50.4 Å². The lowest BCUT2D eigenvalue weighted by atomic mass is 10.1. The van der Waals surface area contributed by atoms with Gasteiger partial charge in [0.1, 0.15) is 5.75 Å². The van der Waals surface area contributed by atoms with Crippen molar-refractivity contribution in [1.29, 1.82) is 0 Å². The second-order valence-electron chi connectivity index (χ2n) is 6.03. The van der Waals surface area contributed by atoms with Gasteiger partial charge in [0.2, 0.25) is 5.91 Å². The summed E-state index contributed by atoms with van der Waals surface area (Å²) in [6.07, 6.45) is 5.45. The van der Waals surface area contributed by atoms with E-state index in [1.807, 2.05) is 6.07 Å². The minimum absolute atomic E-state index is 0. The van der Waals surface area contributed by atoms with E-state index >= 15 is 0 Å². The van der Waals surface area contributed by atoms with Crippen LogP contribution in [-0.4, -0.2) is 25.1 Å². The Kier molecular flexibility index (Phi) is 9.03. The van der Waals surface area contributed by atoms with Crippen LogP contribution < -0.4 is 15.4 Å². The monoisotopic (exact) mass is 340 g/mol. The zero-order valence-corrected chi connectivity index (χ0v) is 15.0. The summed E-state index contributed by atoms with van der Waals surface area (Å²) in [6, 6.07) is 6.14. The molecule has 1 aromatic carbocycles. The van der Waals surface area contributed by atoms with Gasteiger partial charge in [-0.3, -0.25) is 4.79 Å². The minimum atomic E-state index is -0.0284. The first-order valence-corrected chi connectivity index (χ1v) is 8.44. The molecule has 1 amide bonds. The molecule has 0 spiro atoms. The van der Waals surface area contributed by atoms with Gasteiger partial charge < -0.3 is 15.4 Å². The van der Waals surface area contributed by atoms with Gasteiger partial charge in [-0.05, 0) is 44.4 Å². The summed E-state index contributed by atoms with van der Waals surface area (Å²) in [5.74, 6) is 0.991. The molecule has 1 aromatic rings. The highest BCUT2D eigenvalue weighted by atomic mass is 35.5. The van der Waals surface area contributed by atoms with Gasteiger partial charge in [0.25, 0.3) is 0 Å². The third-order valence-electron chi connectivity index (χ3n) is 4.06. The van der Waals surface area contributed by atoms with Crippen molar-refractivity contribution in [2.24, 2.45) is 0 Å². The smallest absolute Gasteiger partial charge is 0.237 e. The van der Waals surface area contributed by atoms with Crippen LogP contribution in [0.2, 0.25) is 0 Å². The van der Waals surface area contributed by atoms with Crippen molar-refractivity contribution in [3.8, 4) is 5.75 Å². The third-order valence-corrected chi connectivity index (χ3v) is 4.06. The van der Waals surface area contributed by atoms with Crippen LogP contribution in [0, 0.1) is 6.92 Å². The first kappa shape index (κ1) is 19.8. The minimum Gasteiger partial charge on any atom is -0.493 e. The standard InChI is InChI=1S/C18H28N2O2.ClH/c1-3-4-5-11-22-17-12-14(2)8-9-15(17)13-20-18(21)16-7-6-10-19-16;/h8-9,12,16,19H,3-7,10-11,13H2,1-2H3,(H,20,21);1H. The summed E-state index contributed by atoms with van der Waals surface area (Å²) in [6.45, 7) is 6.45. The molecule has 1 heterocycles. The van der Waals surface area contributed by atoms with E-state index < -0.39 is 0 Å². The molecule has 0 saturated carbocycles. The van der Waals surface area contributed by atoms with Gasteiger partial charge in [-0.25, -0.2) is 0 Å². The fourth-order valence-electron chi connectivity index (χ4n) is 2.69. The highest BCUT2D eigenvalue weighted by Crippen LogP contribution is 2.21. The summed E-state index contributed by atoms with van der Waals surface area (Å²) in [7, 11) is 0. The van der Waals surface area contributed by atoms with Gasteiger partial charge in [0, 0.05) is 12.1 Å². The third kappa shape index (κ3) is 6.40. The van der Waals surface area contributed by atoms with Gasteiger partial charge in [-0.2, -0.15) is 0 Å². The first-order valence-electron chi connectivity index (χ1n) is 8.44. The Balaban J connectivity index is 0.00000264. The van der Waals surface area contributed by atoms with Gasteiger partial charge >= 0.3 is 0 Å². The molecule has 23 heavy (non-hydrogen) atoms. The van der Waals surface area contributed by atoms with E-state index in [0.717, 1.165) is 43.7 Å². The molecule has 0 bridgehead atoms. The molecule has 2 rings (SSSR count). The average Bonchev–Trinajstić information content (AvgIpc) is 3.05. The van der Waals surface area contributed by atoms with Crippen molar-refractivity contribution in [1.82, 2.24) is 10.6 Å². The van der Waals surface area contributed by atoms with E-state index in [1.54, 1.807) is 0 Å². The fraction of sp³-hybridized carbons (Fsp3) is 0.611. The number of aryl methyl sites for hydroxylation is 1. The van der Waals surface area contributed by atoms with Crippen LogP contribution in [0.4, 0.5) is 0 Å². The van der Waals surface area contributed by atoms with E-state index in [9.17, 15) is 4.79 Å². The molecule has 5 heteroatoms. The summed E-state index contributed by atoms with van der Waals surface area (Å²) < 4.78 is 5.91. The lowest BCUT2D eigenvalue weighted by molar-refractivity contribution is -0.122. The predicted octanol–water partition coefficient (Wildman–Crippen LogP) is 3.35. The molecular weight excluding hydrogens is 312 g/mol. The van der Waals surface area contributed by atoms with E-state index in [4.69, 9.17) is 4.74 Å². The molecule has 1 atom stereocenters. The SMILES string of the molecule is CCCCCOc1cc(C)ccc1CNC(=O)C1CCCN1.Cl. The lowest BCUT2D eigenvalue weighted by Crippen LogP contribution is -2.40. The summed E-state index contributed by atoms with van der Waals surface area (Å²) in [4.78, 5) is 12.1. The number of carbonyl (C=O) groups is 1. The summed E-state index contributed by atoms with van der Waals surface area (Å²) in [5.41, 5.74) is 2.23. The zero-order valence-electron chi connectivity index (χ0n) is 14.2.